The van der Waals surface area contributed by atoms with E-state index in [0.29, 0.717) is 17.4 Å². The second-order valence-electron chi connectivity index (χ2n) is 17.5. The largest absolute Gasteiger partial charge is 0.472 e. The quantitative estimate of drug-likeness (QED) is 0.0212. The molecule has 0 aliphatic heterocycles. The summed E-state index contributed by atoms with van der Waals surface area (Å²) in [4.78, 5) is 35.4. The smallest absolute Gasteiger partial charge is 0.462 e. The Hall–Kier alpha value is -3.33. The third kappa shape index (κ3) is 49.9. The van der Waals surface area contributed by atoms with Crippen LogP contribution < -0.4 is 0 Å². The molecule has 0 heterocycles. The van der Waals surface area contributed by atoms with E-state index < -0.39 is 32.5 Å². The molecule has 9 nitrogen and oxygen atoms in total. The lowest BCUT2D eigenvalue weighted by Crippen LogP contribution is -2.37. The molecule has 0 aliphatic rings. The van der Waals surface area contributed by atoms with Gasteiger partial charge >= 0.3 is 19.8 Å². The summed E-state index contributed by atoms with van der Waals surface area (Å²) < 4.78 is 34.3. The van der Waals surface area contributed by atoms with Crippen molar-refractivity contribution in [1.29, 1.82) is 0 Å². The van der Waals surface area contributed by atoms with Crippen molar-refractivity contribution in [2.45, 2.75) is 180 Å². The lowest BCUT2D eigenvalue weighted by atomic mass is 10.1. The van der Waals surface area contributed by atoms with Crippen LogP contribution in [0.3, 0.4) is 0 Å². The van der Waals surface area contributed by atoms with Gasteiger partial charge < -0.3 is 18.9 Å². The van der Waals surface area contributed by atoms with Crippen LogP contribution in [-0.2, 0) is 32.7 Å². The zero-order chi connectivity index (χ0) is 47.8. The number of esters is 2. The highest BCUT2D eigenvalue weighted by Gasteiger charge is 2.27. The average Bonchev–Trinajstić information content (AvgIpc) is 3.26. The van der Waals surface area contributed by atoms with Gasteiger partial charge in [-0.1, -0.05) is 168 Å². The van der Waals surface area contributed by atoms with E-state index in [-0.39, 0.29) is 26.1 Å². The highest BCUT2D eigenvalue weighted by atomic mass is 31.2. The molecule has 0 saturated carbocycles. The fourth-order valence-electron chi connectivity index (χ4n) is 6.14. The number of hydrogen-bond donors (Lipinski definition) is 1. The van der Waals surface area contributed by atoms with Gasteiger partial charge in [-0.15, -0.1) is 0 Å². The molecule has 0 aliphatic carbocycles. The minimum Gasteiger partial charge on any atom is -0.462 e. The molecule has 0 fully saturated rings. The summed E-state index contributed by atoms with van der Waals surface area (Å²) in [5, 5.41) is 0. The first-order chi connectivity index (χ1) is 31.5. The lowest BCUT2D eigenvalue weighted by molar-refractivity contribution is -0.870. The van der Waals surface area contributed by atoms with Crippen LogP contribution in [0.25, 0.3) is 0 Å². The van der Waals surface area contributed by atoms with Crippen LogP contribution in [0.4, 0.5) is 0 Å². The monoisotopic (exact) mass is 927 g/mol. The second kappa shape index (κ2) is 45.8. The standard InChI is InChI=1S/C55H92NO8P/c1-6-8-10-12-14-16-18-20-21-22-23-24-25-26-27-28-29-30-31-32-33-34-35-36-38-40-42-44-46-48-55(58)64-53(52-63-65(59,60)62-50-49-56(3,4)5)51-61-54(57)47-45-43-41-39-37-19-17-15-13-11-9-7-2/h8,10,14-17,20-21,23-24,26-27,29-30,32-33,35-36,53H,6-7,9,11-13,18-19,22,25,28,31,34,37-52H2,1-5H3/p+1/b10-8-,16-14-,17-15-,21-20-,24-23-,27-26-,30-29-,33-32-,36-35-. The molecular formula is C55H93NO8P+. The van der Waals surface area contributed by atoms with Crippen LogP contribution in [0.5, 0.6) is 0 Å². The van der Waals surface area contributed by atoms with Gasteiger partial charge in [0, 0.05) is 12.8 Å². The minimum atomic E-state index is -4.39. The van der Waals surface area contributed by atoms with Crippen molar-refractivity contribution in [1.82, 2.24) is 0 Å². The number of unbranched alkanes of at least 4 members (excludes halogenated alkanes) is 12. The van der Waals surface area contributed by atoms with Crippen molar-refractivity contribution in [2.75, 3.05) is 47.5 Å². The van der Waals surface area contributed by atoms with Gasteiger partial charge in [-0.3, -0.25) is 18.6 Å². The molecule has 2 unspecified atom stereocenters. The lowest BCUT2D eigenvalue weighted by Gasteiger charge is -2.24. The van der Waals surface area contributed by atoms with Crippen molar-refractivity contribution in [2.24, 2.45) is 0 Å². The van der Waals surface area contributed by atoms with Gasteiger partial charge in [0.1, 0.15) is 19.8 Å². The summed E-state index contributed by atoms with van der Waals surface area (Å²) >= 11 is 0. The fraction of sp³-hybridized carbons (Fsp3) is 0.636. The van der Waals surface area contributed by atoms with E-state index in [0.717, 1.165) is 122 Å². The predicted octanol–water partition coefficient (Wildman–Crippen LogP) is 15.1. The predicted molar refractivity (Wildman–Crippen MR) is 275 cm³/mol. The molecule has 0 radical (unpaired) electrons. The first-order valence-electron chi connectivity index (χ1n) is 25.1. The number of allylic oxidation sites excluding steroid dienone is 18. The summed E-state index contributed by atoms with van der Waals surface area (Å²) in [6, 6.07) is 0. The molecule has 370 valence electrons. The molecule has 0 saturated heterocycles. The van der Waals surface area contributed by atoms with Crippen molar-refractivity contribution >= 4 is 19.8 Å². The fourth-order valence-corrected chi connectivity index (χ4v) is 6.88. The van der Waals surface area contributed by atoms with E-state index >= 15 is 0 Å². The van der Waals surface area contributed by atoms with Crippen LogP contribution in [0.2, 0.25) is 0 Å². The van der Waals surface area contributed by atoms with Crippen LogP contribution in [0.1, 0.15) is 174 Å². The number of phosphoric acid groups is 1. The second-order valence-corrected chi connectivity index (χ2v) is 18.9. The van der Waals surface area contributed by atoms with Crippen LogP contribution in [-0.4, -0.2) is 74.9 Å². The maximum atomic E-state index is 12.7. The molecule has 65 heavy (non-hydrogen) atoms. The van der Waals surface area contributed by atoms with Crippen molar-refractivity contribution in [3.8, 4) is 0 Å². The Morgan fingerprint density at radius 2 is 0.877 bits per heavy atom. The highest BCUT2D eigenvalue weighted by Crippen LogP contribution is 2.43. The summed E-state index contributed by atoms with van der Waals surface area (Å²) in [6.07, 6.45) is 62.9. The van der Waals surface area contributed by atoms with Gasteiger partial charge in [0.05, 0.1) is 27.7 Å². The Morgan fingerprint density at radius 3 is 1.32 bits per heavy atom. The molecular weight excluding hydrogens is 834 g/mol. The molecule has 2 atom stereocenters. The summed E-state index contributed by atoms with van der Waals surface area (Å²) in [5.74, 6) is -0.849. The van der Waals surface area contributed by atoms with E-state index in [4.69, 9.17) is 18.5 Å². The molecule has 0 bridgehead atoms. The number of ether oxygens (including phenoxy) is 2. The summed E-state index contributed by atoms with van der Waals surface area (Å²) in [6.45, 7) is 4.22. The van der Waals surface area contributed by atoms with Gasteiger partial charge in [0.15, 0.2) is 6.10 Å². The Labute approximate surface area is 397 Å². The number of phosphoric ester groups is 1. The van der Waals surface area contributed by atoms with E-state index in [1.807, 2.05) is 21.1 Å². The average molecular weight is 927 g/mol. The van der Waals surface area contributed by atoms with E-state index in [1.165, 1.54) is 19.3 Å². The number of hydrogen-bond acceptors (Lipinski definition) is 7. The normalized spacial score (nSPS) is 14.4. The number of quaternary nitrogens is 1. The van der Waals surface area contributed by atoms with Gasteiger partial charge in [0.25, 0.3) is 0 Å². The van der Waals surface area contributed by atoms with Gasteiger partial charge in [-0.25, -0.2) is 4.57 Å². The first kappa shape index (κ1) is 61.7. The van der Waals surface area contributed by atoms with Gasteiger partial charge in [-0.05, 0) is 103 Å². The number of carbonyl (C=O) groups is 2. The van der Waals surface area contributed by atoms with Crippen LogP contribution in [0, 0.1) is 0 Å². The number of nitrogens with zero attached hydrogens (tertiary/aromatic N) is 1. The molecule has 1 N–H and O–H groups in total. The number of carbonyl (C=O) groups excluding carboxylic acids is 2. The Bertz CT molecular complexity index is 1470. The SMILES string of the molecule is CC/C=C\C/C=C\C/C=C\C/C=C\C/C=C\C/C=C\C/C=C\C/C=C\CCCCCCC(=O)OC(COC(=O)CCCCCCC/C=C\CCCCC)COP(=O)(O)OCC[N+](C)(C)C. The van der Waals surface area contributed by atoms with Gasteiger partial charge in [-0.2, -0.15) is 0 Å². The van der Waals surface area contributed by atoms with Crippen molar-refractivity contribution in [3.63, 3.8) is 0 Å². The molecule has 0 aromatic rings. The Balaban J connectivity index is 4.31. The third-order valence-corrected chi connectivity index (χ3v) is 11.0. The first-order valence-corrected chi connectivity index (χ1v) is 26.6. The zero-order valence-electron chi connectivity index (χ0n) is 41.7. The Morgan fingerprint density at radius 1 is 0.492 bits per heavy atom. The van der Waals surface area contributed by atoms with E-state index in [2.05, 4.69) is 123 Å². The molecule has 0 spiro atoms. The number of likely N-dealkylation sites (N-methyl/N-ethyl adjacent to an activating group) is 1. The summed E-state index contributed by atoms with van der Waals surface area (Å²) in [5.41, 5.74) is 0. The van der Waals surface area contributed by atoms with Crippen LogP contribution >= 0.6 is 7.82 Å². The van der Waals surface area contributed by atoms with E-state index in [9.17, 15) is 19.0 Å². The molecule has 0 aromatic heterocycles. The zero-order valence-corrected chi connectivity index (χ0v) is 42.6. The minimum absolute atomic E-state index is 0.0189. The molecule has 0 aromatic carbocycles. The highest BCUT2D eigenvalue weighted by molar-refractivity contribution is 7.47. The molecule has 0 rings (SSSR count). The number of rotatable bonds is 44. The maximum Gasteiger partial charge on any atom is 0.472 e. The maximum absolute atomic E-state index is 12.7. The topological polar surface area (TPSA) is 108 Å². The summed E-state index contributed by atoms with van der Waals surface area (Å²) in [7, 11) is 1.43. The molecule has 0 amide bonds. The van der Waals surface area contributed by atoms with E-state index in [1.54, 1.807) is 0 Å². The third-order valence-electron chi connectivity index (χ3n) is 10.0. The van der Waals surface area contributed by atoms with Crippen molar-refractivity contribution < 1.29 is 42.1 Å². The van der Waals surface area contributed by atoms with Crippen LogP contribution in [0.15, 0.2) is 109 Å². The van der Waals surface area contributed by atoms with Gasteiger partial charge in [0.2, 0.25) is 0 Å². The Kier molecular flexibility index (Phi) is 43.5. The molecule has 10 heteroatoms. The van der Waals surface area contributed by atoms with Crippen molar-refractivity contribution in [3.05, 3.63) is 109 Å².